The molecule has 1 N–H and O–H groups in total. The lowest BCUT2D eigenvalue weighted by Gasteiger charge is -2.10. The number of carbonyl (C=O) groups excluding carboxylic acids is 1. The first-order valence-corrected chi connectivity index (χ1v) is 11.5. The second-order valence-corrected chi connectivity index (χ2v) is 8.88. The van der Waals surface area contributed by atoms with E-state index in [2.05, 4.69) is 10.3 Å². The molecule has 7 nitrogen and oxygen atoms in total. The van der Waals surface area contributed by atoms with Crippen molar-refractivity contribution in [1.29, 1.82) is 0 Å². The maximum absolute atomic E-state index is 12.9. The Morgan fingerprint density at radius 1 is 1.09 bits per heavy atom. The third kappa shape index (κ3) is 4.63. The molecular formula is C23H21N3O4S2. The normalized spacial score (nSPS) is 10.8. The molecule has 0 aliphatic heterocycles. The summed E-state index contributed by atoms with van der Waals surface area (Å²) in [6, 6.07) is 16.9. The lowest BCUT2D eigenvalue weighted by Crippen LogP contribution is -2.20. The van der Waals surface area contributed by atoms with Crippen LogP contribution < -0.4 is 20.3 Å². The van der Waals surface area contributed by atoms with E-state index in [1.54, 1.807) is 39.5 Å². The number of nitrogens with one attached hydrogen (secondary N) is 1. The molecule has 2 aromatic heterocycles. The molecule has 0 bridgehead atoms. The van der Waals surface area contributed by atoms with Gasteiger partial charge in [0, 0.05) is 35.8 Å². The molecule has 32 heavy (non-hydrogen) atoms. The van der Waals surface area contributed by atoms with Crippen molar-refractivity contribution < 1.29 is 14.3 Å². The molecule has 0 aliphatic carbocycles. The van der Waals surface area contributed by atoms with Gasteiger partial charge < -0.3 is 14.8 Å². The molecule has 0 aliphatic rings. The maximum Gasteiger partial charge on any atom is 0.271 e. The van der Waals surface area contributed by atoms with Crippen molar-refractivity contribution in [2.75, 3.05) is 25.3 Å². The molecular weight excluding hydrogens is 446 g/mol. The van der Waals surface area contributed by atoms with Gasteiger partial charge in [-0.15, -0.1) is 11.3 Å². The molecule has 0 spiro atoms. The van der Waals surface area contributed by atoms with Crippen molar-refractivity contribution in [3.8, 4) is 21.9 Å². The van der Waals surface area contributed by atoms with Crippen LogP contribution in [0.15, 0.2) is 64.5 Å². The van der Waals surface area contributed by atoms with Crippen LogP contribution in [-0.2, 0) is 11.8 Å². The zero-order valence-electron chi connectivity index (χ0n) is 17.7. The Balaban J connectivity index is 1.52. The molecule has 0 saturated carbocycles. The molecule has 0 radical (unpaired) electrons. The summed E-state index contributed by atoms with van der Waals surface area (Å²) in [5, 5.41) is 3.31. The summed E-state index contributed by atoms with van der Waals surface area (Å²) in [4.78, 5) is 31.0. The third-order valence-electron chi connectivity index (χ3n) is 4.74. The van der Waals surface area contributed by atoms with Gasteiger partial charge in [0.05, 0.1) is 25.5 Å². The number of anilines is 1. The minimum atomic E-state index is -0.227. The van der Waals surface area contributed by atoms with E-state index >= 15 is 0 Å². The predicted molar refractivity (Wildman–Crippen MR) is 129 cm³/mol. The summed E-state index contributed by atoms with van der Waals surface area (Å²) in [5.74, 6) is 1.03. The van der Waals surface area contributed by atoms with E-state index in [0.29, 0.717) is 32.6 Å². The molecule has 0 saturated heterocycles. The molecule has 2 aromatic carbocycles. The summed E-state index contributed by atoms with van der Waals surface area (Å²) in [5.41, 5.74) is 2.12. The molecule has 1 amide bonds. The molecule has 4 rings (SSSR count). The average Bonchev–Trinajstić information content (AvgIpc) is 3.25. The van der Waals surface area contributed by atoms with Crippen molar-refractivity contribution in [2.45, 2.75) is 5.16 Å². The quantitative estimate of drug-likeness (QED) is 0.320. The number of benzene rings is 2. The first-order valence-electron chi connectivity index (χ1n) is 9.70. The summed E-state index contributed by atoms with van der Waals surface area (Å²) < 4.78 is 12.5. The Labute approximate surface area is 193 Å². The Morgan fingerprint density at radius 2 is 1.78 bits per heavy atom. The van der Waals surface area contributed by atoms with Gasteiger partial charge in [0.25, 0.3) is 5.56 Å². The molecule has 9 heteroatoms. The monoisotopic (exact) mass is 467 g/mol. The van der Waals surface area contributed by atoms with E-state index in [0.717, 1.165) is 10.4 Å². The van der Waals surface area contributed by atoms with E-state index in [9.17, 15) is 9.59 Å². The van der Waals surface area contributed by atoms with Crippen LogP contribution in [0.25, 0.3) is 20.7 Å². The van der Waals surface area contributed by atoms with Gasteiger partial charge in [-0.1, -0.05) is 42.1 Å². The van der Waals surface area contributed by atoms with Crippen LogP contribution in [0.4, 0.5) is 5.69 Å². The second-order valence-electron chi connectivity index (χ2n) is 6.89. The van der Waals surface area contributed by atoms with Crippen LogP contribution in [0.1, 0.15) is 0 Å². The van der Waals surface area contributed by atoms with E-state index in [1.165, 1.54) is 27.7 Å². The molecule has 0 atom stereocenters. The highest BCUT2D eigenvalue weighted by Crippen LogP contribution is 2.32. The largest absolute Gasteiger partial charge is 0.497 e. The zero-order valence-corrected chi connectivity index (χ0v) is 19.4. The number of rotatable bonds is 7. The Kier molecular flexibility index (Phi) is 6.48. The van der Waals surface area contributed by atoms with Gasteiger partial charge in [-0.3, -0.25) is 14.2 Å². The average molecular weight is 468 g/mol. The van der Waals surface area contributed by atoms with Crippen molar-refractivity contribution in [1.82, 2.24) is 9.55 Å². The minimum Gasteiger partial charge on any atom is -0.497 e. The van der Waals surface area contributed by atoms with Gasteiger partial charge >= 0.3 is 0 Å². The van der Waals surface area contributed by atoms with Crippen LogP contribution in [0, 0.1) is 0 Å². The van der Waals surface area contributed by atoms with Crippen LogP contribution in [0.3, 0.4) is 0 Å². The van der Waals surface area contributed by atoms with Crippen molar-refractivity contribution >= 4 is 44.9 Å². The van der Waals surface area contributed by atoms with E-state index < -0.39 is 0 Å². The summed E-state index contributed by atoms with van der Waals surface area (Å²) in [7, 11) is 4.77. The molecule has 0 unspecified atom stereocenters. The number of carbonyl (C=O) groups is 1. The molecule has 2 heterocycles. The highest BCUT2D eigenvalue weighted by molar-refractivity contribution is 7.99. The topological polar surface area (TPSA) is 82.5 Å². The van der Waals surface area contributed by atoms with Crippen LogP contribution in [-0.4, -0.2) is 35.4 Å². The van der Waals surface area contributed by atoms with Crippen LogP contribution >= 0.6 is 23.1 Å². The number of aromatic nitrogens is 2. The lowest BCUT2D eigenvalue weighted by atomic mass is 10.2. The Hall–Kier alpha value is -3.30. The number of fused-ring (bicyclic) bond motifs is 1. The second kappa shape index (κ2) is 9.46. The van der Waals surface area contributed by atoms with Gasteiger partial charge in [-0.25, -0.2) is 4.98 Å². The van der Waals surface area contributed by atoms with Crippen molar-refractivity contribution in [2.24, 2.45) is 7.05 Å². The van der Waals surface area contributed by atoms with Crippen LogP contribution in [0.5, 0.6) is 11.5 Å². The minimum absolute atomic E-state index is 0.0982. The number of nitrogens with zero attached hydrogens (tertiary/aromatic N) is 2. The van der Waals surface area contributed by atoms with E-state index in [-0.39, 0.29) is 17.2 Å². The highest BCUT2D eigenvalue weighted by Gasteiger charge is 2.15. The number of amides is 1. The van der Waals surface area contributed by atoms with Gasteiger partial charge in [-0.2, -0.15) is 0 Å². The fraction of sp³-hybridized carbons (Fsp3) is 0.174. The zero-order chi connectivity index (χ0) is 22.7. The summed E-state index contributed by atoms with van der Waals surface area (Å²) >= 11 is 2.64. The number of hydrogen-bond donors (Lipinski definition) is 1. The first-order chi connectivity index (χ1) is 15.5. The standard InChI is InChI=1S/C23H21N3O4S2/c1-26-22(28)21-18(12-19(32-21)14-7-5-4-6-8-14)25-23(26)31-13-20(27)24-15-9-16(29-2)11-17(10-15)30-3/h4-12H,13H2,1-3H3,(H,24,27). The van der Waals surface area contributed by atoms with Crippen molar-refractivity contribution in [3.05, 3.63) is 65.0 Å². The van der Waals surface area contributed by atoms with E-state index in [1.807, 2.05) is 36.4 Å². The van der Waals surface area contributed by atoms with Gasteiger partial charge in [-0.05, 0) is 11.6 Å². The number of thioether (sulfide) groups is 1. The number of hydrogen-bond acceptors (Lipinski definition) is 7. The molecule has 4 aromatic rings. The lowest BCUT2D eigenvalue weighted by molar-refractivity contribution is -0.113. The first kappa shape index (κ1) is 21.9. The summed E-state index contributed by atoms with van der Waals surface area (Å²) in [6.07, 6.45) is 0. The Bertz CT molecular complexity index is 1310. The fourth-order valence-corrected chi connectivity index (χ4v) is 4.97. The molecule has 0 fully saturated rings. The fourth-order valence-electron chi connectivity index (χ4n) is 3.12. The van der Waals surface area contributed by atoms with Crippen LogP contribution in [0.2, 0.25) is 0 Å². The number of methoxy groups -OCH3 is 2. The van der Waals surface area contributed by atoms with Gasteiger partial charge in [0.2, 0.25) is 5.91 Å². The third-order valence-corrected chi connectivity index (χ3v) is 6.93. The van der Waals surface area contributed by atoms with Crippen molar-refractivity contribution in [3.63, 3.8) is 0 Å². The highest BCUT2D eigenvalue weighted by atomic mass is 32.2. The maximum atomic E-state index is 12.9. The smallest absolute Gasteiger partial charge is 0.271 e. The SMILES string of the molecule is COc1cc(NC(=O)CSc2nc3cc(-c4ccccc4)sc3c(=O)n2C)cc(OC)c1. The Morgan fingerprint density at radius 3 is 2.44 bits per heavy atom. The van der Waals surface area contributed by atoms with Gasteiger partial charge in [0.15, 0.2) is 5.16 Å². The molecule has 164 valence electrons. The number of ether oxygens (including phenoxy) is 2. The van der Waals surface area contributed by atoms with Gasteiger partial charge in [0.1, 0.15) is 16.2 Å². The number of thiophene rings is 1. The summed E-state index contributed by atoms with van der Waals surface area (Å²) in [6.45, 7) is 0. The van der Waals surface area contributed by atoms with E-state index in [4.69, 9.17) is 9.47 Å². The predicted octanol–water partition coefficient (Wildman–Crippen LogP) is 4.41.